The molecule has 0 heterocycles. The third kappa shape index (κ3) is 4.23. The van der Waals surface area contributed by atoms with Gasteiger partial charge in [0.25, 0.3) is 0 Å². The van der Waals surface area contributed by atoms with E-state index in [4.69, 9.17) is 0 Å². The Morgan fingerprint density at radius 1 is 1.24 bits per heavy atom. The number of aromatic hydroxyl groups is 1. The molecule has 1 aliphatic carbocycles. The number of phenols is 1. The second-order valence-electron chi connectivity index (χ2n) is 6.76. The minimum atomic E-state index is -0.122. The quantitative estimate of drug-likeness (QED) is 0.839. The van der Waals surface area contributed by atoms with E-state index in [2.05, 4.69) is 19.2 Å². The summed E-state index contributed by atoms with van der Waals surface area (Å²) in [5.41, 5.74) is 1.01. The maximum Gasteiger partial charge on any atom is 0.226 e. The molecule has 0 unspecified atom stereocenters. The first-order chi connectivity index (χ1) is 10.0. The summed E-state index contributed by atoms with van der Waals surface area (Å²) in [5, 5.41) is 12.4. The zero-order valence-electron chi connectivity index (χ0n) is 13.2. The molecular weight excluding hydrogens is 262 g/mol. The van der Waals surface area contributed by atoms with Crippen LogP contribution >= 0.6 is 0 Å². The molecule has 0 spiro atoms. The summed E-state index contributed by atoms with van der Waals surface area (Å²) in [6.07, 6.45) is 6.24. The molecule has 0 radical (unpaired) electrons. The van der Waals surface area contributed by atoms with Crippen LogP contribution in [0.5, 0.6) is 5.75 Å². The van der Waals surface area contributed by atoms with E-state index in [9.17, 15) is 9.90 Å². The Bertz CT molecular complexity index is 459. The molecule has 0 bridgehead atoms. The number of benzene rings is 1. The van der Waals surface area contributed by atoms with E-state index in [0.29, 0.717) is 12.5 Å². The average molecular weight is 289 g/mol. The summed E-state index contributed by atoms with van der Waals surface area (Å²) in [7, 11) is 0. The Balaban J connectivity index is 1.86. The van der Waals surface area contributed by atoms with Crippen molar-refractivity contribution in [1.82, 2.24) is 5.32 Å². The summed E-state index contributed by atoms with van der Waals surface area (Å²) in [4.78, 5) is 12.6. The number of hydrogen-bond donors (Lipinski definition) is 2. The SMILES string of the molecule is CC(C)CC1(C(=O)NCCc2ccc(O)cc2)CCCC1. The van der Waals surface area contributed by atoms with E-state index in [0.717, 1.165) is 31.2 Å². The smallest absolute Gasteiger partial charge is 0.226 e. The number of nitrogens with one attached hydrogen (secondary N) is 1. The molecule has 0 aliphatic heterocycles. The van der Waals surface area contributed by atoms with Crippen LogP contribution in [-0.4, -0.2) is 17.6 Å². The van der Waals surface area contributed by atoms with Gasteiger partial charge in [-0.05, 0) is 49.3 Å². The van der Waals surface area contributed by atoms with Crippen molar-refractivity contribution in [2.24, 2.45) is 11.3 Å². The second kappa shape index (κ2) is 6.97. The number of amides is 1. The van der Waals surface area contributed by atoms with Crippen LogP contribution in [0.25, 0.3) is 0 Å². The second-order valence-corrected chi connectivity index (χ2v) is 6.76. The number of hydrogen-bond acceptors (Lipinski definition) is 2. The van der Waals surface area contributed by atoms with Crippen LogP contribution in [0.15, 0.2) is 24.3 Å². The molecule has 2 N–H and O–H groups in total. The van der Waals surface area contributed by atoms with Crippen molar-refractivity contribution in [2.75, 3.05) is 6.54 Å². The Hall–Kier alpha value is -1.51. The standard InChI is InChI=1S/C18H27NO2/c1-14(2)13-18(10-3-4-11-18)17(21)19-12-9-15-5-7-16(20)8-6-15/h5-8,14,20H,3-4,9-13H2,1-2H3,(H,19,21). The van der Waals surface area contributed by atoms with Gasteiger partial charge >= 0.3 is 0 Å². The first-order valence-corrected chi connectivity index (χ1v) is 8.08. The lowest BCUT2D eigenvalue weighted by Crippen LogP contribution is -2.41. The molecule has 1 saturated carbocycles. The molecule has 1 aromatic rings. The van der Waals surface area contributed by atoms with Gasteiger partial charge in [-0.2, -0.15) is 0 Å². The van der Waals surface area contributed by atoms with Crippen LogP contribution in [0.4, 0.5) is 0 Å². The fraction of sp³-hybridized carbons (Fsp3) is 0.611. The Morgan fingerprint density at radius 2 is 1.86 bits per heavy atom. The van der Waals surface area contributed by atoms with E-state index >= 15 is 0 Å². The van der Waals surface area contributed by atoms with Gasteiger partial charge in [-0.25, -0.2) is 0 Å². The molecule has 0 saturated heterocycles. The number of carbonyl (C=O) groups excluding carboxylic acids is 1. The largest absolute Gasteiger partial charge is 0.508 e. The highest BCUT2D eigenvalue weighted by Crippen LogP contribution is 2.43. The van der Waals surface area contributed by atoms with E-state index in [1.807, 2.05) is 12.1 Å². The van der Waals surface area contributed by atoms with Crippen molar-refractivity contribution in [3.8, 4) is 5.75 Å². The Labute approximate surface area is 127 Å². The lowest BCUT2D eigenvalue weighted by molar-refractivity contribution is -0.131. The van der Waals surface area contributed by atoms with E-state index in [-0.39, 0.29) is 17.1 Å². The van der Waals surface area contributed by atoms with Crippen LogP contribution < -0.4 is 5.32 Å². The van der Waals surface area contributed by atoms with Crippen molar-refractivity contribution in [3.05, 3.63) is 29.8 Å². The highest BCUT2D eigenvalue weighted by molar-refractivity contribution is 5.82. The molecule has 2 rings (SSSR count). The average Bonchev–Trinajstić information content (AvgIpc) is 2.90. The molecule has 116 valence electrons. The first-order valence-electron chi connectivity index (χ1n) is 8.08. The predicted octanol–water partition coefficient (Wildman–Crippen LogP) is 3.66. The molecule has 1 aromatic carbocycles. The van der Waals surface area contributed by atoms with E-state index < -0.39 is 0 Å². The van der Waals surface area contributed by atoms with Gasteiger partial charge in [0, 0.05) is 12.0 Å². The zero-order chi connectivity index (χ0) is 15.3. The monoisotopic (exact) mass is 289 g/mol. The van der Waals surface area contributed by atoms with Gasteiger partial charge in [-0.3, -0.25) is 4.79 Å². The van der Waals surface area contributed by atoms with Crippen molar-refractivity contribution >= 4 is 5.91 Å². The van der Waals surface area contributed by atoms with Gasteiger partial charge in [0.05, 0.1) is 0 Å². The number of rotatable bonds is 6. The van der Waals surface area contributed by atoms with Crippen LogP contribution in [0.2, 0.25) is 0 Å². The first kappa shape index (κ1) is 15.9. The Morgan fingerprint density at radius 3 is 2.43 bits per heavy atom. The topological polar surface area (TPSA) is 49.3 Å². The summed E-state index contributed by atoms with van der Waals surface area (Å²) in [6.45, 7) is 5.07. The minimum absolute atomic E-state index is 0.122. The highest BCUT2D eigenvalue weighted by atomic mass is 16.3. The predicted molar refractivity (Wildman–Crippen MR) is 85.2 cm³/mol. The molecule has 3 nitrogen and oxygen atoms in total. The van der Waals surface area contributed by atoms with Gasteiger partial charge in [-0.1, -0.05) is 38.8 Å². The maximum absolute atomic E-state index is 12.6. The third-order valence-electron chi connectivity index (χ3n) is 4.48. The lowest BCUT2D eigenvalue weighted by atomic mass is 9.77. The van der Waals surface area contributed by atoms with Crippen molar-refractivity contribution in [2.45, 2.75) is 52.4 Å². The van der Waals surface area contributed by atoms with E-state index in [1.54, 1.807) is 12.1 Å². The van der Waals surface area contributed by atoms with Crippen molar-refractivity contribution < 1.29 is 9.90 Å². The van der Waals surface area contributed by atoms with Gasteiger partial charge in [-0.15, -0.1) is 0 Å². The molecule has 1 fully saturated rings. The minimum Gasteiger partial charge on any atom is -0.508 e. The maximum atomic E-state index is 12.6. The van der Waals surface area contributed by atoms with Crippen molar-refractivity contribution in [1.29, 1.82) is 0 Å². The third-order valence-corrected chi connectivity index (χ3v) is 4.48. The molecule has 1 amide bonds. The van der Waals surface area contributed by atoms with Crippen LogP contribution in [0.1, 0.15) is 51.5 Å². The Kier molecular flexibility index (Phi) is 5.27. The van der Waals surface area contributed by atoms with E-state index in [1.165, 1.54) is 12.8 Å². The van der Waals surface area contributed by atoms with Crippen LogP contribution in [0.3, 0.4) is 0 Å². The fourth-order valence-electron chi connectivity index (χ4n) is 3.53. The summed E-state index contributed by atoms with van der Waals surface area (Å²) >= 11 is 0. The normalized spacial score (nSPS) is 17.1. The molecular formula is C18H27NO2. The van der Waals surface area contributed by atoms with Gasteiger partial charge in [0.1, 0.15) is 5.75 Å². The zero-order valence-corrected chi connectivity index (χ0v) is 13.2. The van der Waals surface area contributed by atoms with Crippen LogP contribution in [0, 0.1) is 11.3 Å². The molecule has 0 atom stereocenters. The lowest BCUT2D eigenvalue weighted by Gasteiger charge is -2.29. The summed E-state index contributed by atoms with van der Waals surface area (Å²) in [6, 6.07) is 7.19. The van der Waals surface area contributed by atoms with Gasteiger partial charge in [0.2, 0.25) is 5.91 Å². The number of phenolic OH excluding ortho intramolecular Hbond substituents is 1. The highest BCUT2D eigenvalue weighted by Gasteiger charge is 2.40. The number of carbonyl (C=O) groups is 1. The van der Waals surface area contributed by atoms with Gasteiger partial charge < -0.3 is 10.4 Å². The van der Waals surface area contributed by atoms with Gasteiger partial charge in [0.15, 0.2) is 0 Å². The molecule has 21 heavy (non-hydrogen) atoms. The molecule has 3 heteroatoms. The molecule has 0 aromatic heterocycles. The molecule has 1 aliphatic rings. The summed E-state index contributed by atoms with van der Waals surface area (Å²) < 4.78 is 0. The summed E-state index contributed by atoms with van der Waals surface area (Å²) in [5.74, 6) is 1.09. The fourth-order valence-corrected chi connectivity index (χ4v) is 3.53. The van der Waals surface area contributed by atoms with Crippen LogP contribution in [-0.2, 0) is 11.2 Å². The van der Waals surface area contributed by atoms with Crippen molar-refractivity contribution in [3.63, 3.8) is 0 Å².